The summed E-state index contributed by atoms with van der Waals surface area (Å²) in [5, 5.41) is 0. The second kappa shape index (κ2) is 8.10. The van der Waals surface area contributed by atoms with Crippen LogP contribution in [0.25, 0.3) is 22.4 Å². The molecule has 0 radical (unpaired) electrons. The number of nitrogens with zero attached hydrogens (tertiary/aromatic N) is 1. The van der Waals surface area contributed by atoms with Crippen molar-refractivity contribution >= 4 is 0 Å². The van der Waals surface area contributed by atoms with Gasteiger partial charge in [-0.1, -0.05) is 84.9 Å². The molecule has 0 amide bonds. The maximum atomic E-state index is 6.18. The molecule has 2 heteroatoms. The lowest BCUT2D eigenvalue weighted by atomic mass is 9.97. The number of benzene rings is 3. The van der Waals surface area contributed by atoms with Gasteiger partial charge in [-0.3, -0.25) is 0 Å². The first kappa shape index (κ1) is 18.0. The van der Waals surface area contributed by atoms with Gasteiger partial charge in [-0.2, -0.15) is 0 Å². The van der Waals surface area contributed by atoms with E-state index >= 15 is 0 Å². The summed E-state index contributed by atoms with van der Waals surface area (Å²) in [7, 11) is 0. The molecule has 0 N–H and O–H groups in total. The molecule has 0 aliphatic rings. The number of ether oxygens (including phenoxy) is 1. The average molecular weight is 365 g/mol. The number of rotatable bonds is 5. The first-order chi connectivity index (χ1) is 13.7. The standard InChI is InChI=1S/C26H23NO/c1-19-11-9-10-16-23(19)25-17-24(22-14-7-4-8-15-22)20(2)26(27-25)28-18-21-12-5-3-6-13-21/h3-17H,18H2,1-2H3. The van der Waals surface area contributed by atoms with Gasteiger partial charge in [0.2, 0.25) is 5.88 Å². The Bertz CT molecular complexity index is 1070. The smallest absolute Gasteiger partial charge is 0.217 e. The molecule has 0 atom stereocenters. The summed E-state index contributed by atoms with van der Waals surface area (Å²) in [5.41, 5.74) is 7.77. The summed E-state index contributed by atoms with van der Waals surface area (Å²) >= 11 is 0. The molecule has 138 valence electrons. The van der Waals surface area contributed by atoms with Gasteiger partial charge in [0.25, 0.3) is 0 Å². The van der Waals surface area contributed by atoms with Gasteiger partial charge in [0.15, 0.2) is 0 Å². The summed E-state index contributed by atoms with van der Waals surface area (Å²) in [6.07, 6.45) is 0. The third kappa shape index (κ3) is 3.81. The van der Waals surface area contributed by atoms with Crippen molar-refractivity contribution < 1.29 is 4.74 Å². The van der Waals surface area contributed by atoms with E-state index in [0.29, 0.717) is 12.5 Å². The van der Waals surface area contributed by atoms with Crippen LogP contribution in [-0.4, -0.2) is 4.98 Å². The summed E-state index contributed by atoms with van der Waals surface area (Å²) in [5.74, 6) is 0.684. The fourth-order valence-electron chi connectivity index (χ4n) is 3.37. The summed E-state index contributed by atoms with van der Waals surface area (Å²) in [4.78, 5) is 4.88. The van der Waals surface area contributed by atoms with Crippen LogP contribution >= 0.6 is 0 Å². The molecule has 1 heterocycles. The number of aromatic nitrogens is 1. The summed E-state index contributed by atoms with van der Waals surface area (Å²) in [6.45, 7) is 4.70. The van der Waals surface area contributed by atoms with Crippen LogP contribution < -0.4 is 4.74 Å². The highest BCUT2D eigenvalue weighted by atomic mass is 16.5. The van der Waals surface area contributed by atoms with Crippen molar-refractivity contribution in [1.82, 2.24) is 4.98 Å². The topological polar surface area (TPSA) is 22.1 Å². The fourth-order valence-corrected chi connectivity index (χ4v) is 3.37. The molecule has 0 unspecified atom stereocenters. The van der Waals surface area contributed by atoms with Crippen LogP contribution in [-0.2, 0) is 6.61 Å². The Morgan fingerprint density at radius 2 is 1.36 bits per heavy atom. The lowest BCUT2D eigenvalue weighted by molar-refractivity contribution is 0.292. The maximum Gasteiger partial charge on any atom is 0.217 e. The van der Waals surface area contributed by atoms with Gasteiger partial charge in [-0.05, 0) is 42.2 Å². The predicted molar refractivity (Wildman–Crippen MR) is 115 cm³/mol. The number of hydrogen-bond acceptors (Lipinski definition) is 2. The van der Waals surface area contributed by atoms with E-state index in [1.54, 1.807) is 0 Å². The van der Waals surface area contributed by atoms with Crippen molar-refractivity contribution in [3.8, 4) is 28.3 Å². The Balaban J connectivity index is 1.80. The van der Waals surface area contributed by atoms with Crippen LogP contribution in [0, 0.1) is 13.8 Å². The first-order valence-electron chi connectivity index (χ1n) is 9.52. The van der Waals surface area contributed by atoms with Crippen LogP contribution in [0.15, 0.2) is 91.0 Å². The van der Waals surface area contributed by atoms with Gasteiger partial charge in [-0.25, -0.2) is 4.98 Å². The molecule has 0 aliphatic heterocycles. The zero-order valence-electron chi connectivity index (χ0n) is 16.2. The van der Waals surface area contributed by atoms with Crippen LogP contribution in [0.3, 0.4) is 0 Å². The van der Waals surface area contributed by atoms with Crippen molar-refractivity contribution in [2.75, 3.05) is 0 Å². The van der Waals surface area contributed by atoms with Crippen LogP contribution in [0.5, 0.6) is 5.88 Å². The molecular weight excluding hydrogens is 342 g/mol. The molecule has 0 fully saturated rings. The number of pyridine rings is 1. The molecule has 4 aromatic rings. The molecule has 0 aliphatic carbocycles. The zero-order valence-corrected chi connectivity index (χ0v) is 16.2. The molecule has 1 aromatic heterocycles. The second-order valence-corrected chi connectivity index (χ2v) is 6.94. The van der Waals surface area contributed by atoms with Gasteiger partial charge < -0.3 is 4.74 Å². The summed E-state index contributed by atoms with van der Waals surface area (Å²) < 4.78 is 6.18. The Hall–Kier alpha value is -3.39. The fraction of sp³-hybridized carbons (Fsp3) is 0.115. The molecular formula is C26H23NO. The van der Waals surface area contributed by atoms with E-state index in [2.05, 4.69) is 80.6 Å². The molecule has 4 rings (SSSR count). The van der Waals surface area contributed by atoms with Crippen LogP contribution in [0.2, 0.25) is 0 Å². The number of hydrogen-bond donors (Lipinski definition) is 0. The highest BCUT2D eigenvalue weighted by Crippen LogP contribution is 2.34. The third-order valence-electron chi connectivity index (χ3n) is 4.95. The van der Waals surface area contributed by atoms with Crippen LogP contribution in [0.1, 0.15) is 16.7 Å². The molecule has 0 saturated heterocycles. The lowest BCUT2D eigenvalue weighted by Gasteiger charge is -2.16. The minimum atomic E-state index is 0.500. The highest BCUT2D eigenvalue weighted by Gasteiger charge is 2.14. The zero-order chi connectivity index (χ0) is 19.3. The monoisotopic (exact) mass is 365 g/mol. The van der Waals surface area contributed by atoms with E-state index in [0.717, 1.165) is 27.9 Å². The first-order valence-corrected chi connectivity index (χ1v) is 9.52. The second-order valence-electron chi connectivity index (χ2n) is 6.94. The molecule has 0 bridgehead atoms. The molecule has 3 aromatic carbocycles. The minimum absolute atomic E-state index is 0.500. The summed E-state index contributed by atoms with van der Waals surface area (Å²) in [6, 6.07) is 31.1. The largest absolute Gasteiger partial charge is 0.473 e. The van der Waals surface area contributed by atoms with Crippen molar-refractivity contribution in [1.29, 1.82) is 0 Å². The van der Waals surface area contributed by atoms with Gasteiger partial charge in [0, 0.05) is 11.1 Å². The van der Waals surface area contributed by atoms with E-state index in [-0.39, 0.29) is 0 Å². The van der Waals surface area contributed by atoms with Crippen LogP contribution in [0.4, 0.5) is 0 Å². The minimum Gasteiger partial charge on any atom is -0.473 e. The normalized spacial score (nSPS) is 10.6. The molecule has 2 nitrogen and oxygen atoms in total. The Morgan fingerprint density at radius 1 is 0.714 bits per heavy atom. The van der Waals surface area contributed by atoms with Crippen molar-refractivity contribution in [2.45, 2.75) is 20.5 Å². The van der Waals surface area contributed by atoms with E-state index in [9.17, 15) is 0 Å². The van der Waals surface area contributed by atoms with Gasteiger partial charge in [0.05, 0.1) is 5.69 Å². The highest BCUT2D eigenvalue weighted by molar-refractivity contribution is 5.76. The van der Waals surface area contributed by atoms with E-state index in [1.165, 1.54) is 11.1 Å². The van der Waals surface area contributed by atoms with E-state index < -0.39 is 0 Å². The predicted octanol–water partition coefficient (Wildman–Crippen LogP) is 6.61. The van der Waals surface area contributed by atoms with E-state index in [1.807, 2.05) is 24.3 Å². The van der Waals surface area contributed by atoms with Gasteiger partial charge in [0.1, 0.15) is 6.61 Å². The molecule has 0 saturated carbocycles. The Kier molecular flexibility index (Phi) is 5.20. The molecule has 0 spiro atoms. The van der Waals surface area contributed by atoms with Gasteiger partial charge in [-0.15, -0.1) is 0 Å². The average Bonchev–Trinajstić information content (AvgIpc) is 2.75. The quantitative estimate of drug-likeness (QED) is 0.397. The Morgan fingerprint density at radius 3 is 2.07 bits per heavy atom. The molecule has 28 heavy (non-hydrogen) atoms. The maximum absolute atomic E-state index is 6.18. The Labute approximate surface area is 166 Å². The van der Waals surface area contributed by atoms with Crippen molar-refractivity contribution in [3.05, 3.63) is 108 Å². The van der Waals surface area contributed by atoms with Crippen molar-refractivity contribution in [3.63, 3.8) is 0 Å². The third-order valence-corrected chi connectivity index (χ3v) is 4.95. The number of aryl methyl sites for hydroxylation is 1. The van der Waals surface area contributed by atoms with Crippen molar-refractivity contribution in [2.24, 2.45) is 0 Å². The SMILES string of the molecule is Cc1ccccc1-c1cc(-c2ccccc2)c(C)c(OCc2ccccc2)n1. The van der Waals surface area contributed by atoms with E-state index in [4.69, 9.17) is 9.72 Å². The van der Waals surface area contributed by atoms with Gasteiger partial charge >= 0.3 is 0 Å². The lowest BCUT2D eigenvalue weighted by Crippen LogP contribution is -2.02.